The van der Waals surface area contributed by atoms with Crippen LogP contribution in [0.5, 0.6) is 0 Å². The van der Waals surface area contributed by atoms with E-state index in [1.807, 2.05) is 40.9 Å². The summed E-state index contributed by atoms with van der Waals surface area (Å²) in [7, 11) is 3.94. The monoisotopic (exact) mass is 377 g/mol. The zero-order chi connectivity index (χ0) is 19.2. The Hall–Kier alpha value is -2.06. The van der Waals surface area contributed by atoms with Gasteiger partial charge >= 0.3 is 6.03 Å². The molecule has 1 aromatic heterocycles. The quantitative estimate of drug-likeness (QED) is 0.795. The molecule has 0 bridgehead atoms. The van der Waals surface area contributed by atoms with Gasteiger partial charge in [-0.3, -0.25) is 14.6 Å². The molecule has 1 N–H and O–H groups in total. The smallest absolute Gasteiger partial charge is 0.317 e. The van der Waals surface area contributed by atoms with Crippen LogP contribution in [0.25, 0.3) is 0 Å². The van der Waals surface area contributed by atoms with Gasteiger partial charge in [-0.05, 0) is 39.1 Å². The first-order valence-electron chi connectivity index (χ1n) is 9.77. The van der Waals surface area contributed by atoms with Crippen molar-refractivity contribution < 1.29 is 14.0 Å². The molecule has 1 unspecified atom stereocenters. The van der Waals surface area contributed by atoms with Crippen molar-refractivity contribution in [1.82, 2.24) is 24.9 Å². The van der Waals surface area contributed by atoms with E-state index in [9.17, 15) is 9.59 Å². The molecule has 2 fully saturated rings. The maximum Gasteiger partial charge on any atom is 0.317 e. The van der Waals surface area contributed by atoms with E-state index in [-0.39, 0.29) is 18.0 Å². The van der Waals surface area contributed by atoms with Crippen molar-refractivity contribution in [2.24, 2.45) is 0 Å². The van der Waals surface area contributed by atoms with Crippen LogP contribution in [0.1, 0.15) is 24.6 Å². The summed E-state index contributed by atoms with van der Waals surface area (Å²) in [5, 5.41) is 3.01. The zero-order valence-electron chi connectivity index (χ0n) is 16.4. The Morgan fingerprint density at radius 2 is 1.81 bits per heavy atom. The third-order valence-corrected chi connectivity index (χ3v) is 5.42. The molecule has 0 saturated carbocycles. The number of hydrogen-bond donors (Lipinski definition) is 1. The van der Waals surface area contributed by atoms with Gasteiger partial charge in [-0.25, -0.2) is 4.79 Å². The third-order valence-electron chi connectivity index (χ3n) is 5.42. The molecule has 3 heterocycles. The van der Waals surface area contributed by atoms with Crippen molar-refractivity contribution in [3.05, 3.63) is 24.2 Å². The van der Waals surface area contributed by atoms with Gasteiger partial charge in [-0.15, -0.1) is 0 Å². The largest absolute Gasteiger partial charge is 0.468 e. The van der Waals surface area contributed by atoms with E-state index < -0.39 is 0 Å². The molecule has 3 amide bonds. The zero-order valence-corrected chi connectivity index (χ0v) is 16.4. The lowest BCUT2D eigenvalue weighted by atomic mass is 10.2. The van der Waals surface area contributed by atoms with Crippen LogP contribution in [0, 0.1) is 0 Å². The Labute approximate surface area is 161 Å². The molecule has 8 nitrogen and oxygen atoms in total. The van der Waals surface area contributed by atoms with E-state index in [1.165, 1.54) is 0 Å². The molecule has 0 radical (unpaired) electrons. The fraction of sp³-hybridized carbons (Fsp3) is 0.684. The highest BCUT2D eigenvalue weighted by atomic mass is 16.3. The van der Waals surface area contributed by atoms with E-state index in [4.69, 9.17) is 4.42 Å². The second-order valence-electron chi connectivity index (χ2n) is 7.53. The minimum atomic E-state index is -0.0566. The van der Waals surface area contributed by atoms with Gasteiger partial charge in [0.05, 0.1) is 18.8 Å². The summed E-state index contributed by atoms with van der Waals surface area (Å²) in [5.74, 6) is 1.06. The fourth-order valence-corrected chi connectivity index (χ4v) is 3.68. The summed E-state index contributed by atoms with van der Waals surface area (Å²) in [6, 6.07) is 3.73. The average Bonchev–Trinajstić information content (AvgIpc) is 3.36. The maximum absolute atomic E-state index is 12.5. The van der Waals surface area contributed by atoms with Crippen molar-refractivity contribution in [1.29, 1.82) is 0 Å². The summed E-state index contributed by atoms with van der Waals surface area (Å²) < 4.78 is 5.48. The second kappa shape index (κ2) is 9.23. The number of carbonyl (C=O) groups excluding carboxylic acids is 2. The summed E-state index contributed by atoms with van der Waals surface area (Å²) in [6.07, 6.45) is 3.88. The van der Waals surface area contributed by atoms with Crippen LogP contribution in [0.15, 0.2) is 22.8 Å². The molecule has 2 aliphatic heterocycles. The Balaban J connectivity index is 1.41. The van der Waals surface area contributed by atoms with Crippen molar-refractivity contribution >= 4 is 11.9 Å². The van der Waals surface area contributed by atoms with Gasteiger partial charge in [0.1, 0.15) is 5.76 Å². The van der Waals surface area contributed by atoms with Crippen LogP contribution in [0.4, 0.5) is 4.79 Å². The lowest BCUT2D eigenvalue weighted by molar-refractivity contribution is -0.131. The van der Waals surface area contributed by atoms with Crippen LogP contribution in [-0.2, 0) is 4.79 Å². The number of rotatable bonds is 6. The number of amides is 3. The van der Waals surface area contributed by atoms with Crippen LogP contribution in [0.2, 0.25) is 0 Å². The molecular weight excluding hydrogens is 346 g/mol. The number of piperazine rings is 1. The van der Waals surface area contributed by atoms with Gasteiger partial charge in [-0.1, -0.05) is 0 Å². The first-order chi connectivity index (χ1) is 13.0. The Morgan fingerprint density at radius 1 is 1.11 bits per heavy atom. The average molecular weight is 377 g/mol. The van der Waals surface area contributed by atoms with Crippen LogP contribution in [0.3, 0.4) is 0 Å². The standard InChI is InChI=1S/C19H31N5O3/c1-21(2)16(17-6-5-13-27-17)14-20-19(26)24-11-9-22(10-12-24)15-18(25)23-7-3-4-8-23/h5-6,13,16H,3-4,7-12,14-15H2,1-2H3,(H,20,26). The van der Waals surface area contributed by atoms with Gasteiger partial charge in [0, 0.05) is 45.8 Å². The second-order valence-corrected chi connectivity index (χ2v) is 7.53. The van der Waals surface area contributed by atoms with Crippen molar-refractivity contribution in [3.63, 3.8) is 0 Å². The molecule has 1 aromatic rings. The van der Waals surface area contributed by atoms with Gasteiger partial charge in [0.2, 0.25) is 5.91 Å². The fourth-order valence-electron chi connectivity index (χ4n) is 3.68. The lowest BCUT2D eigenvalue weighted by Crippen LogP contribution is -2.54. The molecule has 150 valence electrons. The van der Waals surface area contributed by atoms with E-state index in [0.29, 0.717) is 26.2 Å². The van der Waals surface area contributed by atoms with E-state index in [0.717, 1.165) is 44.8 Å². The SMILES string of the molecule is CN(C)C(CNC(=O)N1CCN(CC(=O)N2CCCC2)CC1)c1ccco1. The highest BCUT2D eigenvalue weighted by Gasteiger charge is 2.26. The molecule has 8 heteroatoms. The predicted octanol–water partition coefficient (Wildman–Crippen LogP) is 0.832. The summed E-state index contributed by atoms with van der Waals surface area (Å²) in [5.41, 5.74) is 0. The first-order valence-corrected chi connectivity index (χ1v) is 9.77. The first kappa shape index (κ1) is 19.7. The third kappa shape index (κ3) is 5.23. The predicted molar refractivity (Wildman–Crippen MR) is 102 cm³/mol. The van der Waals surface area contributed by atoms with Gasteiger partial charge in [-0.2, -0.15) is 0 Å². The molecule has 3 rings (SSSR count). The molecule has 0 spiro atoms. The molecular formula is C19H31N5O3. The summed E-state index contributed by atoms with van der Waals surface area (Å²) >= 11 is 0. The van der Waals surface area contributed by atoms with Crippen LogP contribution in [-0.4, -0.2) is 98.0 Å². The van der Waals surface area contributed by atoms with E-state index in [2.05, 4.69) is 10.2 Å². The maximum atomic E-state index is 12.5. The van der Waals surface area contributed by atoms with Crippen molar-refractivity contribution in [2.45, 2.75) is 18.9 Å². The Kier molecular flexibility index (Phi) is 6.73. The molecule has 27 heavy (non-hydrogen) atoms. The number of carbonyl (C=O) groups is 2. The Morgan fingerprint density at radius 3 is 2.41 bits per heavy atom. The van der Waals surface area contributed by atoms with Gasteiger partial charge in [0.15, 0.2) is 0 Å². The molecule has 2 aliphatic rings. The molecule has 0 aromatic carbocycles. The normalized spacial score (nSPS) is 19.5. The number of likely N-dealkylation sites (tertiary alicyclic amines) is 1. The molecule has 2 saturated heterocycles. The topological polar surface area (TPSA) is 72.3 Å². The van der Waals surface area contributed by atoms with Crippen LogP contribution >= 0.6 is 0 Å². The van der Waals surface area contributed by atoms with Crippen LogP contribution < -0.4 is 5.32 Å². The number of furan rings is 1. The van der Waals surface area contributed by atoms with Crippen molar-refractivity contribution in [2.75, 3.05) is 66.5 Å². The van der Waals surface area contributed by atoms with Gasteiger partial charge in [0.25, 0.3) is 0 Å². The minimum Gasteiger partial charge on any atom is -0.468 e. The number of nitrogens with one attached hydrogen (secondary N) is 1. The number of likely N-dealkylation sites (N-methyl/N-ethyl adjacent to an activating group) is 1. The summed E-state index contributed by atoms with van der Waals surface area (Å²) in [4.78, 5) is 32.7. The van der Waals surface area contributed by atoms with Gasteiger partial charge < -0.3 is 19.5 Å². The highest BCUT2D eigenvalue weighted by Crippen LogP contribution is 2.17. The number of hydrogen-bond acceptors (Lipinski definition) is 5. The van der Waals surface area contributed by atoms with E-state index >= 15 is 0 Å². The minimum absolute atomic E-state index is 0.00308. The summed E-state index contributed by atoms with van der Waals surface area (Å²) in [6.45, 7) is 5.51. The lowest BCUT2D eigenvalue weighted by Gasteiger charge is -2.35. The van der Waals surface area contributed by atoms with E-state index in [1.54, 1.807) is 6.26 Å². The number of nitrogens with zero attached hydrogens (tertiary/aromatic N) is 4. The highest BCUT2D eigenvalue weighted by molar-refractivity contribution is 5.78. The molecule has 0 aliphatic carbocycles. The number of urea groups is 1. The van der Waals surface area contributed by atoms with Crippen molar-refractivity contribution in [3.8, 4) is 0 Å². The Bertz CT molecular complexity index is 605. The molecule has 1 atom stereocenters.